The molecule has 172 valence electrons. The Morgan fingerprint density at radius 2 is 1.50 bits per heavy atom. The number of carbonyl (C=O) groups is 2. The molecule has 1 aliphatic heterocycles. The van der Waals surface area contributed by atoms with Gasteiger partial charge in [0.2, 0.25) is 5.91 Å². The van der Waals surface area contributed by atoms with Crippen molar-refractivity contribution >= 4 is 17.6 Å². The lowest BCUT2D eigenvalue weighted by molar-refractivity contribution is -0.116. The molecule has 0 saturated heterocycles. The van der Waals surface area contributed by atoms with Crippen molar-refractivity contribution in [2.24, 2.45) is 0 Å². The highest BCUT2D eigenvalue weighted by Gasteiger charge is 2.22. The number of ether oxygens (including phenoxy) is 4. The Labute approximate surface area is 187 Å². The quantitative estimate of drug-likeness (QED) is 0.651. The van der Waals surface area contributed by atoms with E-state index in [0.717, 1.165) is 17.5 Å². The number of benzene rings is 2. The Morgan fingerprint density at radius 1 is 0.875 bits per heavy atom. The number of hydrogen-bond acceptors (Lipinski definition) is 6. The molecule has 0 aliphatic carbocycles. The van der Waals surface area contributed by atoms with E-state index in [1.165, 1.54) is 7.11 Å². The van der Waals surface area contributed by atoms with Crippen LogP contribution in [0.5, 0.6) is 23.0 Å². The number of nitrogens with zero attached hydrogens (tertiary/aromatic N) is 1. The van der Waals surface area contributed by atoms with E-state index < -0.39 is 0 Å². The molecule has 2 aromatic rings. The van der Waals surface area contributed by atoms with Gasteiger partial charge in [0, 0.05) is 37.8 Å². The largest absolute Gasteiger partial charge is 0.493 e. The molecule has 2 N–H and O–H groups in total. The van der Waals surface area contributed by atoms with Crippen LogP contribution in [0.3, 0.4) is 0 Å². The highest BCUT2D eigenvalue weighted by Crippen LogP contribution is 2.33. The van der Waals surface area contributed by atoms with E-state index in [9.17, 15) is 9.59 Å². The Balaban J connectivity index is 1.49. The first-order valence-corrected chi connectivity index (χ1v) is 10.3. The molecule has 3 rings (SSSR count). The van der Waals surface area contributed by atoms with Crippen LogP contribution in [0, 0.1) is 0 Å². The summed E-state index contributed by atoms with van der Waals surface area (Å²) in [4.78, 5) is 26.5. The number of methoxy groups -OCH3 is 4. The maximum absolute atomic E-state index is 12.6. The summed E-state index contributed by atoms with van der Waals surface area (Å²) in [6.07, 6.45) is 0.873. The number of fused-ring (bicyclic) bond motifs is 1. The monoisotopic (exact) mass is 443 g/mol. The molecule has 0 radical (unpaired) electrons. The lowest BCUT2D eigenvalue weighted by Crippen LogP contribution is -2.43. The number of rotatable bonds is 8. The summed E-state index contributed by atoms with van der Waals surface area (Å²) < 4.78 is 21.1. The zero-order valence-corrected chi connectivity index (χ0v) is 18.8. The molecule has 1 heterocycles. The number of anilines is 1. The van der Waals surface area contributed by atoms with Crippen LogP contribution in [-0.4, -0.2) is 58.4 Å². The molecule has 0 bridgehead atoms. The van der Waals surface area contributed by atoms with Gasteiger partial charge in [-0.15, -0.1) is 0 Å². The van der Waals surface area contributed by atoms with Crippen molar-refractivity contribution in [3.63, 3.8) is 0 Å². The first-order valence-electron chi connectivity index (χ1n) is 10.3. The molecule has 1 aliphatic rings. The first-order chi connectivity index (χ1) is 15.5. The standard InChI is InChI=1S/C23H29N3O6/c1-29-18-6-5-17(13-21(18)32-4)25-22(27)7-9-24-23(28)26-10-8-15-11-19(30-2)20(31-3)12-16(15)14-26/h5-6,11-13H,7-10,14H2,1-4H3,(H,24,28)(H,25,27). The Kier molecular flexibility index (Phi) is 7.64. The summed E-state index contributed by atoms with van der Waals surface area (Å²) >= 11 is 0. The predicted octanol–water partition coefficient (Wildman–Crippen LogP) is 2.82. The van der Waals surface area contributed by atoms with Crippen LogP contribution in [0.25, 0.3) is 0 Å². The maximum Gasteiger partial charge on any atom is 0.317 e. The van der Waals surface area contributed by atoms with E-state index in [4.69, 9.17) is 18.9 Å². The second-order valence-electron chi connectivity index (χ2n) is 7.25. The molecule has 0 spiro atoms. The summed E-state index contributed by atoms with van der Waals surface area (Å²) in [6, 6.07) is 8.79. The van der Waals surface area contributed by atoms with Crippen molar-refractivity contribution < 1.29 is 28.5 Å². The predicted molar refractivity (Wildman–Crippen MR) is 120 cm³/mol. The zero-order valence-electron chi connectivity index (χ0n) is 18.8. The third-order valence-electron chi connectivity index (χ3n) is 5.30. The Hall–Kier alpha value is -3.62. The van der Waals surface area contributed by atoms with E-state index in [-0.39, 0.29) is 24.9 Å². The molecule has 3 amide bonds. The van der Waals surface area contributed by atoms with Gasteiger partial charge in [-0.3, -0.25) is 4.79 Å². The van der Waals surface area contributed by atoms with Crippen molar-refractivity contribution in [3.8, 4) is 23.0 Å². The molecule has 0 aromatic heterocycles. The highest BCUT2D eigenvalue weighted by molar-refractivity contribution is 5.91. The van der Waals surface area contributed by atoms with Crippen molar-refractivity contribution in [1.29, 1.82) is 0 Å². The summed E-state index contributed by atoms with van der Waals surface area (Å²) in [6.45, 7) is 1.29. The van der Waals surface area contributed by atoms with Gasteiger partial charge in [-0.2, -0.15) is 0 Å². The first kappa shape index (κ1) is 23.1. The van der Waals surface area contributed by atoms with Gasteiger partial charge in [-0.05, 0) is 41.8 Å². The van der Waals surface area contributed by atoms with E-state index in [1.807, 2.05) is 12.1 Å². The Morgan fingerprint density at radius 3 is 2.16 bits per heavy atom. The maximum atomic E-state index is 12.6. The van der Waals surface area contributed by atoms with Crippen molar-refractivity contribution in [2.45, 2.75) is 19.4 Å². The van der Waals surface area contributed by atoms with E-state index in [1.54, 1.807) is 44.4 Å². The Bertz CT molecular complexity index is 978. The van der Waals surface area contributed by atoms with Gasteiger partial charge in [-0.1, -0.05) is 0 Å². The number of urea groups is 1. The zero-order chi connectivity index (χ0) is 23.1. The van der Waals surface area contributed by atoms with Gasteiger partial charge in [0.05, 0.1) is 28.4 Å². The normalized spacial score (nSPS) is 12.4. The van der Waals surface area contributed by atoms with Gasteiger partial charge in [-0.25, -0.2) is 4.79 Å². The molecular weight excluding hydrogens is 414 g/mol. The fourth-order valence-corrected chi connectivity index (χ4v) is 3.59. The number of carbonyl (C=O) groups excluding carboxylic acids is 2. The van der Waals surface area contributed by atoms with Crippen LogP contribution < -0.4 is 29.6 Å². The molecular formula is C23H29N3O6. The molecule has 0 fully saturated rings. The van der Waals surface area contributed by atoms with E-state index in [2.05, 4.69) is 10.6 Å². The van der Waals surface area contributed by atoms with Crippen LogP contribution in [0.15, 0.2) is 30.3 Å². The van der Waals surface area contributed by atoms with Crippen LogP contribution in [0.2, 0.25) is 0 Å². The lowest BCUT2D eigenvalue weighted by atomic mass is 9.99. The lowest BCUT2D eigenvalue weighted by Gasteiger charge is -2.29. The van der Waals surface area contributed by atoms with Crippen molar-refractivity contribution in [3.05, 3.63) is 41.5 Å². The number of nitrogens with one attached hydrogen (secondary N) is 2. The fourth-order valence-electron chi connectivity index (χ4n) is 3.59. The van der Waals surface area contributed by atoms with Gasteiger partial charge >= 0.3 is 6.03 Å². The average Bonchev–Trinajstić information content (AvgIpc) is 2.82. The third kappa shape index (κ3) is 5.35. The average molecular weight is 444 g/mol. The highest BCUT2D eigenvalue weighted by atomic mass is 16.5. The van der Waals surface area contributed by atoms with Gasteiger partial charge in [0.25, 0.3) is 0 Å². The minimum Gasteiger partial charge on any atom is -0.493 e. The fraction of sp³-hybridized carbons (Fsp3) is 0.391. The molecule has 9 heteroatoms. The third-order valence-corrected chi connectivity index (χ3v) is 5.30. The van der Waals surface area contributed by atoms with E-state index >= 15 is 0 Å². The van der Waals surface area contributed by atoms with Gasteiger partial charge in [0.15, 0.2) is 23.0 Å². The molecule has 32 heavy (non-hydrogen) atoms. The van der Waals surface area contributed by atoms with Crippen LogP contribution >= 0.6 is 0 Å². The van der Waals surface area contributed by atoms with Gasteiger partial charge in [0.1, 0.15) is 0 Å². The second kappa shape index (κ2) is 10.6. The minimum absolute atomic E-state index is 0.148. The van der Waals surface area contributed by atoms with Crippen LogP contribution in [0.1, 0.15) is 17.5 Å². The van der Waals surface area contributed by atoms with Crippen LogP contribution in [-0.2, 0) is 17.8 Å². The summed E-state index contributed by atoms with van der Waals surface area (Å²) in [5, 5.41) is 5.61. The van der Waals surface area contributed by atoms with Crippen molar-refractivity contribution in [2.75, 3.05) is 46.8 Å². The molecule has 0 atom stereocenters. The summed E-state index contributed by atoms with van der Waals surface area (Å²) in [7, 11) is 6.27. The molecule has 0 saturated carbocycles. The van der Waals surface area contributed by atoms with E-state index in [0.29, 0.717) is 41.8 Å². The number of hydrogen-bond donors (Lipinski definition) is 2. The second-order valence-corrected chi connectivity index (χ2v) is 7.25. The summed E-state index contributed by atoms with van der Waals surface area (Å²) in [5.41, 5.74) is 2.76. The molecule has 2 aromatic carbocycles. The molecule has 9 nitrogen and oxygen atoms in total. The topological polar surface area (TPSA) is 98.4 Å². The SMILES string of the molecule is COc1ccc(NC(=O)CCNC(=O)N2CCc3cc(OC)c(OC)cc3C2)cc1OC. The molecule has 0 unspecified atom stereocenters. The smallest absolute Gasteiger partial charge is 0.317 e. The van der Waals surface area contributed by atoms with Crippen LogP contribution in [0.4, 0.5) is 10.5 Å². The number of amides is 3. The van der Waals surface area contributed by atoms with Gasteiger partial charge < -0.3 is 34.5 Å². The van der Waals surface area contributed by atoms with Crippen molar-refractivity contribution in [1.82, 2.24) is 10.2 Å². The minimum atomic E-state index is -0.210. The summed E-state index contributed by atoms with van der Waals surface area (Å²) in [5.74, 6) is 2.22.